The van der Waals surface area contributed by atoms with Gasteiger partial charge in [0.05, 0.1) is 5.60 Å². The van der Waals surface area contributed by atoms with Crippen LogP contribution < -0.4 is 5.32 Å². The SMILES string of the molecule is Cc1ccc(C=CC(=O)NCC2(O)CCCCC2)c(Br)c1. The van der Waals surface area contributed by atoms with Crippen molar-refractivity contribution in [3.63, 3.8) is 0 Å². The van der Waals surface area contributed by atoms with Crippen molar-refractivity contribution in [3.8, 4) is 0 Å². The molecule has 0 radical (unpaired) electrons. The molecule has 0 saturated heterocycles. The Balaban J connectivity index is 1.87. The normalized spacial score (nSPS) is 17.9. The van der Waals surface area contributed by atoms with Gasteiger partial charge in [-0.25, -0.2) is 0 Å². The minimum atomic E-state index is -0.716. The zero-order valence-corrected chi connectivity index (χ0v) is 13.9. The predicted molar refractivity (Wildman–Crippen MR) is 89.0 cm³/mol. The maximum Gasteiger partial charge on any atom is 0.244 e. The molecule has 0 bridgehead atoms. The third-order valence-electron chi connectivity index (χ3n) is 3.95. The summed E-state index contributed by atoms with van der Waals surface area (Å²) in [4.78, 5) is 11.9. The van der Waals surface area contributed by atoms with Gasteiger partial charge in [-0.1, -0.05) is 47.3 Å². The van der Waals surface area contributed by atoms with Gasteiger partial charge in [-0.15, -0.1) is 0 Å². The van der Waals surface area contributed by atoms with Crippen LogP contribution in [0.2, 0.25) is 0 Å². The number of hydrogen-bond donors (Lipinski definition) is 2. The number of aryl methyl sites for hydroxylation is 1. The van der Waals surface area contributed by atoms with Crippen LogP contribution in [0.15, 0.2) is 28.7 Å². The third kappa shape index (κ3) is 4.97. The summed E-state index contributed by atoms with van der Waals surface area (Å²) < 4.78 is 0.970. The standard InChI is InChI=1S/C17H22BrNO2/c1-13-5-6-14(15(18)11-13)7-8-16(20)19-12-17(21)9-3-2-4-10-17/h5-8,11,21H,2-4,9-10,12H2,1H3,(H,19,20). The van der Waals surface area contributed by atoms with Crippen molar-refractivity contribution in [2.45, 2.75) is 44.6 Å². The number of halogens is 1. The maximum absolute atomic E-state index is 11.9. The van der Waals surface area contributed by atoms with Crippen LogP contribution in [0.4, 0.5) is 0 Å². The molecule has 2 rings (SSSR count). The number of nitrogens with one attached hydrogen (secondary N) is 1. The lowest BCUT2D eigenvalue weighted by Crippen LogP contribution is -2.43. The Labute approximate surface area is 134 Å². The number of carbonyl (C=O) groups is 1. The number of carbonyl (C=O) groups excluding carboxylic acids is 1. The van der Waals surface area contributed by atoms with E-state index in [4.69, 9.17) is 0 Å². The van der Waals surface area contributed by atoms with E-state index in [2.05, 4.69) is 21.2 Å². The number of rotatable bonds is 4. The van der Waals surface area contributed by atoms with Crippen molar-refractivity contribution in [1.29, 1.82) is 0 Å². The second-order valence-corrected chi connectivity index (χ2v) is 6.72. The molecular weight excluding hydrogens is 330 g/mol. The Morgan fingerprint density at radius 1 is 1.38 bits per heavy atom. The van der Waals surface area contributed by atoms with Gasteiger partial charge in [-0.3, -0.25) is 4.79 Å². The Morgan fingerprint density at radius 3 is 2.76 bits per heavy atom. The molecule has 0 atom stereocenters. The fourth-order valence-electron chi connectivity index (χ4n) is 2.63. The van der Waals surface area contributed by atoms with E-state index in [1.807, 2.05) is 25.1 Å². The number of aliphatic hydroxyl groups is 1. The minimum absolute atomic E-state index is 0.165. The summed E-state index contributed by atoms with van der Waals surface area (Å²) in [6.07, 6.45) is 8.11. The summed E-state index contributed by atoms with van der Waals surface area (Å²) in [5.74, 6) is -0.165. The summed E-state index contributed by atoms with van der Waals surface area (Å²) in [6.45, 7) is 2.36. The van der Waals surface area contributed by atoms with Crippen LogP contribution in [-0.4, -0.2) is 23.2 Å². The van der Waals surface area contributed by atoms with E-state index in [0.29, 0.717) is 6.54 Å². The first-order valence-electron chi connectivity index (χ1n) is 7.43. The molecule has 1 amide bonds. The molecule has 1 aromatic rings. The second kappa shape index (κ2) is 7.23. The van der Waals surface area contributed by atoms with Crippen LogP contribution in [0, 0.1) is 6.92 Å². The Morgan fingerprint density at radius 2 is 2.10 bits per heavy atom. The number of benzene rings is 1. The smallest absolute Gasteiger partial charge is 0.244 e. The summed E-state index contributed by atoms with van der Waals surface area (Å²) in [5.41, 5.74) is 1.42. The molecule has 1 aliphatic carbocycles. The largest absolute Gasteiger partial charge is 0.388 e. The monoisotopic (exact) mass is 351 g/mol. The van der Waals surface area contributed by atoms with Crippen LogP contribution in [0.1, 0.15) is 43.2 Å². The molecule has 21 heavy (non-hydrogen) atoms. The van der Waals surface area contributed by atoms with Crippen molar-refractivity contribution < 1.29 is 9.90 Å². The first kappa shape index (κ1) is 16.2. The van der Waals surface area contributed by atoms with Gasteiger partial charge in [0.1, 0.15) is 0 Å². The average Bonchev–Trinajstić information content (AvgIpc) is 2.45. The van der Waals surface area contributed by atoms with Gasteiger partial charge in [0, 0.05) is 17.1 Å². The lowest BCUT2D eigenvalue weighted by Gasteiger charge is -2.31. The predicted octanol–water partition coefficient (Wildman–Crippen LogP) is 3.58. The van der Waals surface area contributed by atoms with E-state index in [0.717, 1.165) is 35.7 Å². The highest BCUT2D eigenvalue weighted by molar-refractivity contribution is 9.10. The second-order valence-electron chi connectivity index (χ2n) is 5.86. The molecule has 1 saturated carbocycles. The van der Waals surface area contributed by atoms with Crippen molar-refractivity contribution in [2.24, 2.45) is 0 Å². The van der Waals surface area contributed by atoms with Gasteiger partial charge in [-0.2, -0.15) is 0 Å². The van der Waals surface area contributed by atoms with E-state index < -0.39 is 5.60 Å². The summed E-state index contributed by atoms with van der Waals surface area (Å²) in [6, 6.07) is 5.99. The molecule has 1 fully saturated rings. The molecule has 3 nitrogen and oxygen atoms in total. The zero-order valence-electron chi connectivity index (χ0n) is 12.4. The fraction of sp³-hybridized carbons (Fsp3) is 0.471. The molecule has 0 unspecified atom stereocenters. The van der Waals surface area contributed by atoms with Gasteiger partial charge < -0.3 is 10.4 Å². The minimum Gasteiger partial charge on any atom is -0.388 e. The first-order chi connectivity index (χ1) is 9.98. The zero-order chi connectivity index (χ0) is 15.3. The lowest BCUT2D eigenvalue weighted by molar-refractivity contribution is -0.118. The van der Waals surface area contributed by atoms with Crippen molar-refractivity contribution in [3.05, 3.63) is 39.9 Å². The van der Waals surface area contributed by atoms with Gasteiger partial charge in [0.2, 0.25) is 5.91 Å². The molecule has 0 heterocycles. The van der Waals surface area contributed by atoms with Crippen molar-refractivity contribution >= 4 is 27.9 Å². The van der Waals surface area contributed by atoms with Gasteiger partial charge in [0.15, 0.2) is 0 Å². The van der Waals surface area contributed by atoms with Crippen molar-refractivity contribution in [2.75, 3.05) is 6.54 Å². The van der Waals surface area contributed by atoms with Crippen molar-refractivity contribution in [1.82, 2.24) is 5.32 Å². The Kier molecular flexibility index (Phi) is 5.59. The molecule has 114 valence electrons. The summed E-state index contributed by atoms with van der Waals surface area (Å²) in [7, 11) is 0. The van der Waals surface area contributed by atoms with E-state index in [9.17, 15) is 9.90 Å². The Bertz CT molecular complexity index is 534. The van der Waals surface area contributed by atoms with Crippen LogP contribution >= 0.6 is 15.9 Å². The molecule has 2 N–H and O–H groups in total. The average molecular weight is 352 g/mol. The first-order valence-corrected chi connectivity index (χ1v) is 8.22. The molecule has 1 aromatic carbocycles. The van der Waals surface area contributed by atoms with E-state index in [1.165, 1.54) is 18.1 Å². The molecule has 4 heteroatoms. The third-order valence-corrected chi connectivity index (χ3v) is 4.63. The van der Waals surface area contributed by atoms with Gasteiger partial charge in [-0.05, 0) is 43.0 Å². The highest BCUT2D eigenvalue weighted by atomic mass is 79.9. The molecular formula is C17H22BrNO2. The van der Waals surface area contributed by atoms with E-state index >= 15 is 0 Å². The fourth-order valence-corrected chi connectivity index (χ4v) is 3.26. The maximum atomic E-state index is 11.9. The van der Waals surface area contributed by atoms with Crippen LogP contribution in [0.25, 0.3) is 6.08 Å². The van der Waals surface area contributed by atoms with E-state index in [-0.39, 0.29) is 5.91 Å². The van der Waals surface area contributed by atoms with Gasteiger partial charge >= 0.3 is 0 Å². The van der Waals surface area contributed by atoms with Crippen LogP contribution in [-0.2, 0) is 4.79 Å². The highest BCUT2D eigenvalue weighted by Gasteiger charge is 2.29. The molecule has 0 aromatic heterocycles. The number of amides is 1. The quantitative estimate of drug-likeness (QED) is 0.814. The number of hydrogen-bond acceptors (Lipinski definition) is 2. The highest BCUT2D eigenvalue weighted by Crippen LogP contribution is 2.27. The summed E-state index contributed by atoms with van der Waals surface area (Å²) >= 11 is 3.48. The lowest BCUT2D eigenvalue weighted by atomic mass is 9.85. The van der Waals surface area contributed by atoms with E-state index in [1.54, 1.807) is 6.08 Å². The van der Waals surface area contributed by atoms with Crippen LogP contribution in [0.5, 0.6) is 0 Å². The molecule has 1 aliphatic rings. The van der Waals surface area contributed by atoms with Crippen LogP contribution in [0.3, 0.4) is 0 Å². The summed E-state index contributed by atoms with van der Waals surface area (Å²) in [5, 5.41) is 13.1. The molecule has 0 spiro atoms. The Hall–Kier alpha value is -1.13. The topological polar surface area (TPSA) is 49.3 Å². The molecule has 0 aliphatic heterocycles. The van der Waals surface area contributed by atoms with Gasteiger partial charge in [0.25, 0.3) is 0 Å².